The van der Waals surface area contributed by atoms with Crippen LogP contribution in [0.4, 0.5) is 10.1 Å². The Kier molecular flexibility index (Phi) is 6.01. The third-order valence-corrected chi connectivity index (χ3v) is 6.19. The fourth-order valence-corrected chi connectivity index (χ4v) is 4.70. The standard InChI is InChI=1S/C24H27FN3OP/c1-16-12-24(29)28(17(2)26-16)20-6-7-23(22(25)15-20)27-10-8-18(9-11-27)13-19-4-3-5-21(30)14-19/h3-7,12,14-15,18H,8-11,13,30H2,1-2H3. The van der Waals surface area contributed by atoms with Crippen LogP contribution < -0.4 is 15.8 Å². The second-order valence-electron chi connectivity index (χ2n) is 8.13. The van der Waals surface area contributed by atoms with Gasteiger partial charge in [-0.25, -0.2) is 9.37 Å². The lowest BCUT2D eigenvalue weighted by molar-refractivity contribution is 0.401. The summed E-state index contributed by atoms with van der Waals surface area (Å²) in [5.41, 5.74) is 2.96. The lowest BCUT2D eigenvalue weighted by atomic mass is 9.90. The number of piperidine rings is 1. The summed E-state index contributed by atoms with van der Waals surface area (Å²) in [4.78, 5) is 18.8. The molecule has 3 aromatic rings. The van der Waals surface area contributed by atoms with Gasteiger partial charge in [-0.2, -0.15) is 0 Å². The van der Waals surface area contributed by atoms with Crippen molar-refractivity contribution >= 4 is 20.2 Å². The van der Waals surface area contributed by atoms with Gasteiger partial charge in [0.25, 0.3) is 5.56 Å². The lowest BCUT2D eigenvalue weighted by Gasteiger charge is -2.34. The van der Waals surface area contributed by atoms with Crippen molar-refractivity contribution in [2.24, 2.45) is 5.92 Å². The van der Waals surface area contributed by atoms with Gasteiger partial charge in [0.15, 0.2) is 0 Å². The molecule has 0 radical (unpaired) electrons. The summed E-state index contributed by atoms with van der Waals surface area (Å²) in [6.45, 7) is 5.22. The molecule has 0 N–H and O–H groups in total. The van der Waals surface area contributed by atoms with E-state index in [1.54, 1.807) is 26.0 Å². The number of hydrogen-bond donors (Lipinski definition) is 0. The number of benzene rings is 2. The monoisotopic (exact) mass is 423 g/mol. The van der Waals surface area contributed by atoms with Crippen molar-refractivity contribution in [3.05, 3.63) is 81.8 Å². The third-order valence-electron chi connectivity index (χ3n) is 5.83. The van der Waals surface area contributed by atoms with Crippen molar-refractivity contribution in [2.75, 3.05) is 18.0 Å². The largest absolute Gasteiger partial charge is 0.369 e. The van der Waals surface area contributed by atoms with Crippen molar-refractivity contribution < 1.29 is 4.39 Å². The summed E-state index contributed by atoms with van der Waals surface area (Å²) in [6.07, 6.45) is 3.16. The average Bonchev–Trinajstić information content (AvgIpc) is 2.68. The molecule has 1 fully saturated rings. The SMILES string of the molecule is Cc1cc(=O)n(-c2ccc(N3CCC(Cc4cccc(P)c4)CC3)c(F)c2)c(C)n1. The molecule has 1 saturated heterocycles. The highest BCUT2D eigenvalue weighted by Gasteiger charge is 2.22. The van der Waals surface area contributed by atoms with E-state index in [1.807, 2.05) is 0 Å². The van der Waals surface area contributed by atoms with Crippen LogP contribution in [0.15, 0.2) is 53.3 Å². The molecule has 1 aromatic heterocycles. The Hall–Kier alpha value is -2.52. The van der Waals surface area contributed by atoms with E-state index in [4.69, 9.17) is 0 Å². The molecule has 1 atom stereocenters. The van der Waals surface area contributed by atoms with Gasteiger partial charge in [-0.15, -0.1) is 9.24 Å². The molecular formula is C24H27FN3OP. The zero-order chi connectivity index (χ0) is 21.3. The zero-order valence-electron chi connectivity index (χ0n) is 17.4. The highest BCUT2D eigenvalue weighted by molar-refractivity contribution is 7.27. The third kappa shape index (κ3) is 4.46. The Labute approximate surface area is 179 Å². The lowest BCUT2D eigenvalue weighted by Crippen LogP contribution is -2.35. The van der Waals surface area contributed by atoms with Gasteiger partial charge in [-0.3, -0.25) is 9.36 Å². The van der Waals surface area contributed by atoms with Crippen molar-refractivity contribution in [2.45, 2.75) is 33.1 Å². The molecule has 156 valence electrons. The molecule has 6 heteroatoms. The second-order valence-corrected chi connectivity index (χ2v) is 8.80. The van der Waals surface area contributed by atoms with E-state index in [2.05, 4.69) is 43.4 Å². The van der Waals surface area contributed by atoms with Gasteiger partial charge in [0, 0.05) is 30.9 Å². The quantitative estimate of drug-likeness (QED) is 0.597. The number of aryl methyl sites for hydroxylation is 2. The van der Waals surface area contributed by atoms with Crippen LogP contribution in [0.5, 0.6) is 0 Å². The number of anilines is 1. The van der Waals surface area contributed by atoms with Gasteiger partial charge in [-0.05, 0) is 62.0 Å². The summed E-state index contributed by atoms with van der Waals surface area (Å²) < 4.78 is 16.4. The minimum Gasteiger partial charge on any atom is -0.369 e. The smallest absolute Gasteiger partial charge is 0.258 e. The number of halogens is 1. The fraction of sp³-hybridized carbons (Fsp3) is 0.333. The van der Waals surface area contributed by atoms with Crippen molar-refractivity contribution in [3.63, 3.8) is 0 Å². The predicted molar refractivity (Wildman–Crippen MR) is 124 cm³/mol. The maximum Gasteiger partial charge on any atom is 0.258 e. The summed E-state index contributed by atoms with van der Waals surface area (Å²) in [7, 11) is 2.75. The molecule has 2 heterocycles. The fourth-order valence-electron chi connectivity index (χ4n) is 4.38. The number of aromatic nitrogens is 2. The molecule has 0 amide bonds. The Balaban J connectivity index is 1.47. The van der Waals surface area contributed by atoms with Gasteiger partial charge in [-0.1, -0.05) is 24.3 Å². The van der Waals surface area contributed by atoms with Crippen LogP contribution in [-0.4, -0.2) is 22.6 Å². The Morgan fingerprint density at radius 3 is 2.53 bits per heavy atom. The normalized spacial score (nSPS) is 14.9. The molecule has 2 aromatic carbocycles. The molecule has 1 unspecified atom stereocenters. The Morgan fingerprint density at radius 1 is 1.10 bits per heavy atom. The van der Waals surface area contributed by atoms with Crippen molar-refractivity contribution in [1.29, 1.82) is 0 Å². The molecular weight excluding hydrogens is 396 g/mol. The van der Waals surface area contributed by atoms with E-state index in [-0.39, 0.29) is 11.4 Å². The number of nitrogens with zero attached hydrogens (tertiary/aromatic N) is 3. The molecule has 0 spiro atoms. The highest BCUT2D eigenvalue weighted by atomic mass is 31.0. The van der Waals surface area contributed by atoms with E-state index < -0.39 is 0 Å². The van der Waals surface area contributed by atoms with Crippen LogP contribution in [-0.2, 0) is 6.42 Å². The van der Waals surface area contributed by atoms with E-state index in [1.165, 1.54) is 27.6 Å². The predicted octanol–water partition coefficient (Wildman–Crippen LogP) is 3.95. The van der Waals surface area contributed by atoms with Crippen LogP contribution >= 0.6 is 9.24 Å². The summed E-state index contributed by atoms with van der Waals surface area (Å²) in [5.74, 6) is 0.881. The number of hydrogen-bond acceptors (Lipinski definition) is 3. The highest BCUT2D eigenvalue weighted by Crippen LogP contribution is 2.28. The average molecular weight is 423 g/mol. The molecule has 30 heavy (non-hydrogen) atoms. The molecule has 1 aliphatic heterocycles. The van der Waals surface area contributed by atoms with Gasteiger partial charge in [0.2, 0.25) is 0 Å². The van der Waals surface area contributed by atoms with Gasteiger partial charge in [0.05, 0.1) is 11.4 Å². The van der Waals surface area contributed by atoms with Gasteiger partial charge >= 0.3 is 0 Å². The first kappa shape index (κ1) is 20.7. The first-order chi connectivity index (χ1) is 14.4. The van der Waals surface area contributed by atoms with E-state index >= 15 is 0 Å². The molecule has 0 saturated carbocycles. The van der Waals surface area contributed by atoms with Gasteiger partial charge in [0.1, 0.15) is 11.6 Å². The van der Waals surface area contributed by atoms with E-state index in [0.29, 0.717) is 28.8 Å². The topological polar surface area (TPSA) is 38.1 Å². The molecule has 1 aliphatic rings. The van der Waals surface area contributed by atoms with Crippen LogP contribution in [0.25, 0.3) is 5.69 Å². The van der Waals surface area contributed by atoms with Crippen LogP contribution in [0, 0.1) is 25.6 Å². The molecule has 0 bridgehead atoms. The first-order valence-corrected chi connectivity index (χ1v) is 10.9. The first-order valence-electron chi connectivity index (χ1n) is 10.4. The molecule has 0 aliphatic carbocycles. The number of rotatable bonds is 4. The van der Waals surface area contributed by atoms with E-state index in [0.717, 1.165) is 32.4 Å². The zero-order valence-corrected chi connectivity index (χ0v) is 18.6. The van der Waals surface area contributed by atoms with Crippen molar-refractivity contribution in [3.8, 4) is 5.69 Å². The van der Waals surface area contributed by atoms with Crippen LogP contribution in [0.2, 0.25) is 0 Å². The summed E-state index contributed by atoms with van der Waals surface area (Å²) in [5, 5.41) is 1.21. The minimum absolute atomic E-state index is 0.192. The second kappa shape index (κ2) is 8.69. The maximum absolute atomic E-state index is 15.0. The summed E-state index contributed by atoms with van der Waals surface area (Å²) in [6, 6.07) is 15.1. The summed E-state index contributed by atoms with van der Waals surface area (Å²) >= 11 is 0. The van der Waals surface area contributed by atoms with Gasteiger partial charge < -0.3 is 4.90 Å². The van der Waals surface area contributed by atoms with Crippen molar-refractivity contribution in [1.82, 2.24) is 9.55 Å². The molecule has 4 nitrogen and oxygen atoms in total. The van der Waals surface area contributed by atoms with E-state index in [9.17, 15) is 9.18 Å². The van der Waals surface area contributed by atoms with Crippen LogP contribution in [0.1, 0.15) is 29.9 Å². The van der Waals surface area contributed by atoms with Crippen LogP contribution in [0.3, 0.4) is 0 Å². The maximum atomic E-state index is 15.0. The Morgan fingerprint density at radius 2 is 1.87 bits per heavy atom. The minimum atomic E-state index is -0.298. The Bertz CT molecular complexity index is 1120. The molecule has 4 rings (SSSR count).